The third-order valence-corrected chi connectivity index (χ3v) is 9.76. The molecule has 1 spiro atoms. The maximum Gasteiger partial charge on any atom is 0.306 e. The Balaban J connectivity index is 1.45. The maximum atomic E-state index is 13.3. The van der Waals surface area contributed by atoms with Crippen molar-refractivity contribution in [1.29, 1.82) is 0 Å². The van der Waals surface area contributed by atoms with Crippen LogP contribution in [-0.2, 0) is 24.9 Å². The summed E-state index contributed by atoms with van der Waals surface area (Å²) in [6.45, 7) is 3.06. The van der Waals surface area contributed by atoms with Gasteiger partial charge in [-0.05, 0) is 62.6 Å². The van der Waals surface area contributed by atoms with Crippen LogP contribution < -0.4 is 9.08 Å². The Morgan fingerprint density at radius 1 is 0.935 bits per heavy atom. The lowest BCUT2D eigenvalue weighted by atomic mass is 9.77. The molecule has 0 radical (unpaired) electrons. The van der Waals surface area contributed by atoms with E-state index in [1.165, 1.54) is 27.8 Å². The van der Waals surface area contributed by atoms with E-state index in [9.17, 15) is 21.6 Å². The molecule has 2 fully saturated rings. The quantitative estimate of drug-likeness (QED) is 0.605. The number of piperidine rings is 1. The minimum absolute atomic E-state index is 0.00621. The summed E-state index contributed by atoms with van der Waals surface area (Å²) >= 11 is 1.26. The molecule has 2 aromatic rings. The van der Waals surface area contributed by atoms with Crippen molar-refractivity contribution < 1.29 is 25.8 Å². The number of benzene rings is 1. The van der Waals surface area contributed by atoms with Gasteiger partial charge < -0.3 is 9.08 Å². The van der Waals surface area contributed by atoms with Crippen molar-refractivity contribution in [2.75, 3.05) is 30.8 Å². The van der Waals surface area contributed by atoms with Crippen LogP contribution in [0.15, 0.2) is 40.6 Å². The summed E-state index contributed by atoms with van der Waals surface area (Å²) < 4.78 is 55.0. The second kappa shape index (κ2) is 7.88. The van der Waals surface area contributed by atoms with Gasteiger partial charge >= 0.3 is 10.1 Å². The van der Waals surface area contributed by atoms with E-state index < -0.39 is 25.6 Å². The average Bonchev–Trinajstić information content (AvgIpc) is 3.27. The molecule has 1 aromatic carbocycles. The first-order valence-corrected chi connectivity index (χ1v) is 14.0. The Labute approximate surface area is 186 Å². The van der Waals surface area contributed by atoms with Gasteiger partial charge in [0.05, 0.1) is 11.7 Å². The molecular weight excluding hydrogens is 460 g/mol. The number of hydrogen-bond acceptors (Lipinski definition) is 7. The molecule has 4 rings (SSSR count). The summed E-state index contributed by atoms with van der Waals surface area (Å²) in [5.41, 5.74) is 0.117. The summed E-state index contributed by atoms with van der Waals surface area (Å²) in [6.07, 6.45) is 2.61. The van der Waals surface area contributed by atoms with Gasteiger partial charge in [-0.1, -0.05) is 0 Å². The van der Waals surface area contributed by atoms with Gasteiger partial charge in [-0.15, -0.1) is 11.3 Å². The molecule has 2 aliphatic rings. The number of carbonyl (C=O) groups is 1. The maximum absolute atomic E-state index is 13.3. The number of amides is 1. The number of aryl methyl sites for hydroxylation is 1. The molecule has 2 saturated heterocycles. The highest BCUT2D eigenvalue weighted by Crippen LogP contribution is 2.44. The van der Waals surface area contributed by atoms with Crippen molar-refractivity contribution in [2.24, 2.45) is 5.41 Å². The van der Waals surface area contributed by atoms with E-state index in [4.69, 9.17) is 4.18 Å². The Hall–Kier alpha value is -1.95. The molecule has 168 valence electrons. The first kappa shape index (κ1) is 22.3. The van der Waals surface area contributed by atoms with Crippen LogP contribution in [0.1, 0.15) is 24.1 Å². The molecular formula is C20H24N2O6S3. The Morgan fingerprint density at radius 2 is 1.55 bits per heavy atom. The van der Waals surface area contributed by atoms with Crippen LogP contribution in [-0.4, -0.2) is 52.9 Å². The Kier molecular flexibility index (Phi) is 5.65. The molecule has 0 aliphatic carbocycles. The predicted molar refractivity (Wildman–Crippen MR) is 118 cm³/mol. The summed E-state index contributed by atoms with van der Waals surface area (Å²) in [6, 6.07) is 9.80. The fraction of sp³-hybridized carbons (Fsp3) is 0.450. The number of carbonyl (C=O) groups excluding carboxylic acids is 1. The molecule has 11 heteroatoms. The highest BCUT2D eigenvalue weighted by Gasteiger charge is 2.50. The van der Waals surface area contributed by atoms with E-state index in [-0.39, 0.29) is 11.7 Å². The summed E-state index contributed by atoms with van der Waals surface area (Å²) in [7, 11) is -7.14. The van der Waals surface area contributed by atoms with E-state index in [0.717, 1.165) is 11.1 Å². The van der Waals surface area contributed by atoms with Gasteiger partial charge in [0.15, 0.2) is 0 Å². The van der Waals surface area contributed by atoms with Gasteiger partial charge in [-0.25, -0.2) is 8.42 Å². The Bertz CT molecular complexity index is 1190. The molecule has 1 amide bonds. The third-order valence-electron chi connectivity index (χ3n) is 5.90. The van der Waals surface area contributed by atoms with Crippen LogP contribution in [0, 0.1) is 12.3 Å². The normalized spacial score (nSPS) is 19.8. The van der Waals surface area contributed by atoms with Gasteiger partial charge in [0, 0.05) is 30.2 Å². The van der Waals surface area contributed by atoms with Crippen molar-refractivity contribution in [3.05, 3.63) is 41.3 Å². The van der Waals surface area contributed by atoms with E-state index >= 15 is 0 Å². The average molecular weight is 485 g/mol. The zero-order chi connectivity index (χ0) is 22.4. The van der Waals surface area contributed by atoms with Gasteiger partial charge in [-0.2, -0.15) is 12.7 Å². The van der Waals surface area contributed by atoms with Crippen molar-refractivity contribution in [2.45, 2.75) is 30.4 Å². The number of nitrogens with zero attached hydrogens (tertiary/aromatic N) is 2. The number of sulfonamides is 1. The monoisotopic (exact) mass is 484 g/mol. The van der Waals surface area contributed by atoms with Gasteiger partial charge in [0.25, 0.3) is 10.0 Å². The predicted octanol–water partition coefficient (Wildman–Crippen LogP) is 2.60. The lowest BCUT2D eigenvalue weighted by Crippen LogP contribution is -2.46. The lowest BCUT2D eigenvalue weighted by molar-refractivity contribution is -0.127. The molecule has 0 atom stereocenters. The SMILES string of the molecule is Cc1ccc(S(=O)(=O)N2CCC3(CCN(c4ccc(OS(C)(=O)=O)cc4)C3=O)CC2)s1. The zero-order valence-corrected chi connectivity index (χ0v) is 19.7. The van der Waals surface area contributed by atoms with E-state index in [0.29, 0.717) is 48.8 Å². The summed E-state index contributed by atoms with van der Waals surface area (Å²) in [5, 5.41) is 0. The van der Waals surface area contributed by atoms with Crippen LogP contribution >= 0.6 is 11.3 Å². The zero-order valence-electron chi connectivity index (χ0n) is 17.3. The molecule has 0 bridgehead atoms. The molecule has 0 N–H and O–H groups in total. The second-order valence-electron chi connectivity index (χ2n) is 8.04. The summed E-state index contributed by atoms with van der Waals surface area (Å²) in [4.78, 5) is 15.9. The minimum Gasteiger partial charge on any atom is -0.383 e. The molecule has 8 nitrogen and oxygen atoms in total. The third kappa shape index (κ3) is 4.36. The van der Waals surface area contributed by atoms with Gasteiger partial charge in [-0.3, -0.25) is 4.79 Å². The molecule has 3 heterocycles. The Morgan fingerprint density at radius 3 is 2.10 bits per heavy atom. The number of thiophene rings is 1. The largest absolute Gasteiger partial charge is 0.383 e. The molecule has 2 aliphatic heterocycles. The summed E-state index contributed by atoms with van der Waals surface area (Å²) in [5.74, 6) is 0.184. The minimum atomic E-state index is -3.61. The van der Waals surface area contributed by atoms with Crippen LogP contribution in [0.4, 0.5) is 5.69 Å². The van der Waals surface area contributed by atoms with Gasteiger partial charge in [0.1, 0.15) is 9.96 Å². The highest BCUT2D eigenvalue weighted by atomic mass is 32.2. The first-order valence-electron chi connectivity index (χ1n) is 9.88. The van der Waals surface area contributed by atoms with Crippen molar-refractivity contribution >= 4 is 43.1 Å². The lowest BCUT2D eigenvalue weighted by Gasteiger charge is -2.37. The molecule has 31 heavy (non-hydrogen) atoms. The van der Waals surface area contributed by atoms with Crippen LogP contribution in [0.25, 0.3) is 0 Å². The second-order valence-corrected chi connectivity index (χ2v) is 13.1. The smallest absolute Gasteiger partial charge is 0.306 e. The van der Waals surface area contributed by atoms with Crippen LogP contribution in [0.2, 0.25) is 0 Å². The molecule has 1 aromatic heterocycles. The fourth-order valence-corrected chi connectivity index (χ4v) is 7.56. The molecule has 0 unspecified atom stereocenters. The standard InChI is InChI=1S/C20H24N2O6S3/c1-15-3-8-18(29-15)31(26,27)21-12-9-20(10-13-21)11-14-22(19(20)23)16-4-6-17(7-5-16)28-30(2,24)25/h3-8H,9-14H2,1-2H3. The van der Waals surface area contributed by atoms with E-state index in [1.807, 2.05) is 6.92 Å². The van der Waals surface area contributed by atoms with Gasteiger partial charge in [0.2, 0.25) is 5.91 Å². The van der Waals surface area contributed by atoms with Crippen LogP contribution in [0.5, 0.6) is 5.75 Å². The number of hydrogen-bond donors (Lipinski definition) is 0. The fourth-order valence-electron chi connectivity index (χ4n) is 4.22. The highest BCUT2D eigenvalue weighted by molar-refractivity contribution is 7.91. The van der Waals surface area contributed by atoms with E-state index in [1.54, 1.807) is 29.2 Å². The van der Waals surface area contributed by atoms with Crippen molar-refractivity contribution in [3.8, 4) is 5.75 Å². The van der Waals surface area contributed by atoms with Crippen molar-refractivity contribution in [1.82, 2.24) is 4.31 Å². The number of anilines is 1. The van der Waals surface area contributed by atoms with Crippen molar-refractivity contribution in [3.63, 3.8) is 0 Å². The number of rotatable bonds is 5. The topological polar surface area (TPSA) is 101 Å². The molecule has 0 saturated carbocycles. The van der Waals surface area contributed by atoms with Crippen LogP contribution in [0.3, 0.4) is 0 Å². The first-order chi connectivity index (χ1) is 14.5. The van der Waals surface area contributed by atoms with E-state index in [2.05, 4.69) is 0 Å².